The van der Waals surface area contributed by atoms with Crippen LogP contribution in [0.15, 0.2) is 60.9 Å². The second-order valence-electron chi connectivity index (χ2n) is 6.35. The van der Waals surface area contributed by atoms with Gasteiger partial charge in [0, 0.05) is 59.9 Å². The largest absolute Gasteiger partial charge is 0.497 e. The molecule has 0 fully saturated rings. The number of hydrogen-bond donors (Lipinski definition) is 1. The molecule has 5 nitrogen and oxygen atoms in total. The molecule has 2 aromatic carbocycles. The van der Waals surface area contributed by atoms with Crippen molar-refractivity contribution in [3.8, 4) is 5.75 Å². The number of fused-ring (bicyclic) bond motifs is 2. The fraction of sp³-hybridized carbons (Fsp3) is 0.190. The standard InChI is InChI=1S/C21H21N3O2/c1-23-11-9-17-18(4-3-5-20(17)23)21(25)22-10-13-24-12-8-15-14-16(26-2)6-7-19(15)24/h3-9,11-12,14H,10,13H2,1-2H3,(H,22,25). The Kier molecular flexibility index (Phi) is 4.13. The number of methoxy groups -OCH3 is 1. The molecule has 0 aliphatic heterocycles. The van der Waals surface area contributed by atoms with Crippen molar-refractivity contribution in [2.75, 3.05) is 13.7 Å². The third-order valence-corrected chi connectivity index (χ3v) is 4.79. The van der Waals surface area contributed by atoms with E-state index in [1.165, 1.54) is 0 Å². The number of rotatable bonds is 5. The van der Waals surface area contributed by atoms with E-state index in [4.69, 9.17) is 4.74 Å². The zero-order valence-corrected chi connectivity index (χ0v) is 14.9. The minimum Gasteiger partial charge on any atom is -0.497 e. The Morgan fingerprint density at radius 3 is 2.81 bits per heavy atom. The van der Waals surface area contributed by atoms with E-state index in [0.717, 1.165) is 27.6 Å². The SMILES string of the molecule is COc1ccc2c(ccn2CCNC(=O)c2cccc3c2ccn3C)c1. The fourth-order valence-electron chi connectivity index (χ4n) is 3.39. The molecule has 0 saturated heterocycles. The molecule has 0 saturated carbocycles. The Balaban J connectivity index is 1.47. The number of nitrogens with one attached hydrogen (secondary N) is 1. The van der Waals surface area contributed by atoms with E-state index < -0.39 is 0 Å². The first-order valence-corrected chi connectivity index (χ1v) is 8.62. The van der Waals surface area contributed by atoms with Crippen molar-refractivity contribution >= 4 is 27.7 Å². The third kappa shape index (κ3) is 2.81. The second-order valence-corrected chi connectivity index (χ2v) is 6.35. The Hall–Kier alpha value is -3.21. The topological polar surface area (TPSA) is 48.2 Å². The van der Waals surface area contributed by atoms with Crippen LogP contribution in [-0.4, -0.2) is 28.7 Å². The van der Waals surface area contributed by atoms with E-state index in [-0.39, 0.29) is 5.91 Å². The highest BCUT2D eigenvalue weighted by molar-refractivity contribution is 6.06. The van der Waals surface area contributed by atoms with Crippen molar-refractivity contribution < 1.29 is 9.53 Å². The smallest absolute Gasteiger partial charge is 0.252 e. The van der Waals surface area contributed by atoms with E-state index in [2.05, 4.69) is 16.0 Å². The van der Waals surface area contributed by atoms with Gasteiger partial charge < -0.3 is 19.2 Å². The summed E-state index contributed by atoms with van der Waals surface area (Å²) in [6.07, 6.45) is 4.01. The summed E-state index contributed by atoms with van der Waals surface area (Å²) in [7, 11) is 3.65. The van der Waals surface area contributed by atoms with E-state index >= 15 is 0 Å². The van der Waals surface area contributed by atoms with Gasteiger partial charge in [-0.1, -0.05) is 6.07 Å². The molecule has 0 radical (unpaired) electrons. The Morgan fingerprint density at radius 2 is 1.96 bits per heavy atom. The van der Waals surface area contributed by atoms with E-state index in [0.29, 0.717) is 18.7 Å². The van der Waals surface area contributed by atoms with E-state index in [9.17, 15) is 4.79 Å². The molecule has 4 rings (SSSR count). The molecule has 0 aliphatic carbocycles. The summed E-state index contributed by atoms with van der Waals surface area (Å²) < 4.78 is 9.42. The number of aromatic nitrogens is 2. The van der Waals surface area contributed by atoms with Crippen LogP contribution in [0, 0.1) is 0 Å². The maximum Gasteiger partial charge on any atom is 0.252 e. The Bertz CT molecular complexity index is 1090. The molecule has 26 heavy (non-hydrogen) atoms. The average Bonchev–Trinajstić information content (AvgIpc) is 3.25. The van der Waals surface area contributed by atoms with Crippen LogP contribution in [0.4, 0.5) is 0 Å². The highest BCUT2D eigenvalue weighted by atomic mass is 16.5. The van der Waals surface area contributed by atoms with Gasteiger partial charge >= 0.3 is 0 Å². The molecule has 0 bridgehead atoms. The van der Waals surface area contributed by atoms with Gasteiger partial charge in [-0.2, -0.15) is 0 Å². The van der Waals surface area contributed by atoms with Crippen LogP contribution < -0.4 is 10.1 Å². The first-order chi connectivity index (χ1) is 12.7. The third-order valence-electron chi connectivity index (χ3n) is 4.79. The molecule has 2 heterocycles. The van der Waals surface area contributed by atoms with Crippen LogP contribution in [-0.2, 0) is 13.6 Å². The molecule has 132 valence electrons. The van der Waals surface area contributed by atoms with Crippen LogP contribution in [0.25, 0.3) is 21.8 Å². The van der Waals surface area contributed by atoms with E-state index in [1.54, 1.807) is 7.11 Å². The van der Waals surface area contributed by atoms with Crippen molar-refractivity contribution in [1.82, 2.24) is 14.5 Å². The van der Waals surface area contributed by atoms with Crippen molar-refractivity contribution in [3.63, 3.8) is 0 Å². The van der Waals surface area contributed by atoms with Crippen LogP contribution in [0.1, 0.15) is 10.4 Å². The molecule has 0 spiro atoms. The summed E-state index contributed by atoms with van der Waals surface area (Å²) in [5, 5.41) is 5.14. The van der Waals surface area contributed by atoms with Crippen LogP contribution in [0.3, 0.4) is 0 Å². The molecule has 4 aromatic rings. The predicted octanol–water partition coefficient (Wildman–Crippen LogP) is 3.57. The zero-order valence-electron chi connectivity index (χ0n) is 14.9. The minimum absolute atomic E-state index is 0.0417. The highest BCUT2D eigenvalue weighted by Crippen LogP contribution is 2.22. The fourth-order valence-corrected chi connectivity index (χ4v) is 3.39. The number of ether oxygens (including phenoxy) is 1. The molecule has 0 atom stereocenters. The monoisotopic (exact) mass is 347 g/mol. The van der Waals surface area contributed by atoms with Gasteiger partial charge in [0.25, 0.3) is 5.91 Å². The van der Waals surface area contributed by atoms with Gasteiger partial charge in [-0.05, 0) is 42.5 Å². The van der Waals surface area contributed by atoms with Crippen LogP contribution in [0.2, 0.25) is 0 Å². The van der Waals surface area contributed by atoms with Crippen LogP contribution in [0.5, 0.6) is 5.75 Å². The lowest BCUT2D eigenvalue weighted by Crippen LogP contribution is -2.27. The summed E-state index contributed by atoms with van der Waals surface area (Å²) in [6.45, 7) is 1.28. The quantitative estimate of drug-likeness (QED) is 0.600. The summed E-state index contributed by atoms with van der Waals surface area (Å²) in [6, 6.07) is 15.9. The average molecular weight is 347 g/mol. The van der Waals surface area contributed by atoms with Crippen molar-refractivity contribution in [1.29, 1.82) is 0 Å². The molecule has 0 unspecified atom stereocenters. The highest BCUT2D eigenvalue weighted by Gasteiger charge is 2.11. The lowest BCUT2D eigenvalue weighted by Gasteiger charge is -2.09. The Labute approximate surface area is 151 Å². The van der Waals surface area contributed by atoms with Crippen molar-refractivity contribution in [2.45, 2.75) is 6.54 Å². The Morgan fingerprint density at radius 1 is 1.08 bits per heavy atom. The van der Waals surface area contributed by atoms with Crippen molar-refractivity contribution in [2.24, 2.45) is 7.05 Å². The normalized spacial score (nSPS) is 11.2. The minimum atomic E-state index is -0.0417. The molecule has 5 heteroatoms. The zero-order chi connectivity index (χ0) is 18.1. The number of carbonyl (C=O) groups excluding carboxylic acids is 1. The lowest BCUT2D eigenvalue weighted by atomic mass is 10.1. The van der Waals surface area contributed by atoms with Gasteiger partial charge in [0.05, 0.1) is 7.11 Å². The van der Waals surface area contributed by atoms with Gasteiger partial charge in [0.15, 0.2) is 0 Å². The maximum atomic E-state index is 12.6. The first-order valence-electron chi connectivity index (χ1n) is 8.62. The van der Waals surface area contributed by atoms with Gasteiger partial charge in [0.1, 0.15) is 5.75 Å². The molecule has 2 aromatic heterocycles. The van der Waals surface area contributed by atoms with Crippen LogP contribution >= 0.6 is 0 Å². The first kappa shape index (κ1) is 16.3. The number of benzene rings is 2. The van der Waals surface area contributed by atoms with Gasteiger partial charge in [0.2, 0.25) is 0 Å². The molecule has 0 aliphatic rings. The number of carbonyl (C=O) groups is 1. The molecular weight excluding hydrogens is 326 g/mol. The predicted molar refractivity (Wildman–Crippen MR) is 104 cm³/mol. The lowest BCUT2D eigenvalue weighted by molar-refractivity contribution is 0.0954. The summed E-state index contributed by atoms with van der Waals surface area (Å²) in [5.74, 6) is 0.805. The maximum absolute atomic E-state index is 12.6. The number of aryl methyl sites for hydroxylation is 1. The van der Waals surface area contributed by atoms with Gasteiger partial charge in [-0.15, -0.1) is 0 Å². The number of hydrogen-bond acceptors (Lipinski definition) is 2. The number of nitrogens with zero attached hydrogens (tertiary/aromatic N) is 2. The van der Waals surface area contributed by atoms with Gasteiger partial charge in [-0.3, -0.25) is 4.79 Å². The van der Waals surface area contributed by atoms with Crippen molar-refractivity contribution in [3.05, 3.63) is 66.5 Å². The molecule has 1 amide bonds. The molecule has 1 N–H and O–H groups in total. The summed E-state index contributed by atoms with van der Waals surface area (Å²) >= 11 is 0. The van der Waals surface area contributed by atoms with Gasteiger partial charge in [-0.25, -0.2) is 0 Å². The van der Waals surface area contributed by atoms with E-state index in [1.807, 2.05) is 66.5 Å². The second kappa shape index (κ2) is 6.59. The summed E-state index contributed by atoms with van der Waals surface area (Å²) in [5.41, 5.74) is 2.90. The number of amides is 1. The summed E-state index contributed by atoms with van der Waals surface area (Å²) in [4.78, 5) is 12.6. The molecular formula is C21H21N3O2.